The van der Waals surface area contributed by atoms with E-state index in [0.29, 0.717) is 6.61 Å². The van der Waals surface area contributed by atoms with E-state index < -0.39 is 0 Å². The topological polar surface area (TPSA) is 35.0 Å². The standard InChI is InChI=1S/C19H25ClN2O/c1-3-5-8-16-11-13-21-19(22-16)17-9-6-7-10-18(17)23-14-12-15(20)4-2/h6-7,9-11,13,15H,3-5,8,12,14H2,1-2H3. The molecular formula is C19H25ClN2O. The summed E-state index contributed by atoms with van der Waals surface area (Å²) in [5, 5.41) is 0.163. The van der Waals surface area contributed by atoms with Gasteiger partial charge in [-0.15, -0.1) is 11.6 Å². The molecule has 1 aromatic heterocycles. The van der Waals surface area contributed by atoms with Gasteiger partial charge in [-0.05, 0) is 43.9 Å². The minimum atomic E-state index is 0.163. The maximum atomic E-state index is 6.15. The van der Waals surface area contributed by atoms with Crippen LogP contribution in [-0.4, -0.2) is 22.0 Å². The molecule has 0 saturated carbocycles. The number of aryl methyl sites for hydroxylation is 1. The van der Waals surface area contributed by atoms with Crippen LogP contribution in [0.2, 0.25) is 0 Å². The first kappa shape index (κ1) is 17.7. The van der Waals surface area contributed by atoms with Gasteiger partial charge in [-0.1, -0.05) is 32.4 Å². The van der Waals surface area contributed by atoms with Crippen molar-refractivity contribution in [2.45, 2.75) is 51.3 Å². The molecule has 23 heavy (non-hydrogen) atoms. The van der Waals surface area contributed by atoms with Crippen LogP contribution in [-0.2, 0) is 6.42 Å². The van der Waals surface area contributed by atoms with Gasteiger partial charge >= 0.3 is 0 Å². The Kier molecular flexibility index (Phi) is 7.34. The molecule has 0 radical (unpaired) electrons. The normalized spacial score (nSPS) is 12.1. The Labute approximate surface area is 144 Å². The van der Waals surface area contributed by atoms with E-state index in [4.69, 9.17) is 16.3 Å². The van der Waals surface area contributed by atoms with Crippen LogP contribution in [0.5, 0.6) is 5.75 Å². The highest BCUT2D eigenvalue weighted by Gasteiger charge is 2.10. The van der Waals surface area contributed by atoms with Crippen molar-refractivity contribution in [3.63, 3.8) is 0 Å². The molecule has 3 nitrogen and oxygen atoms in total. The summed E-state index contributed by atoms with van der Waals surface area (Å²) in [6, 6.07) is 9.92. The predicted octanol–water partition coefficient (Wildman–Crippen LogP) is 5.27. The summed E-state index contributed by atoms with van der Waals surface area (Å²) < 4.78 is 5.92. The lowest BCUT2D eigenvalue weighted by molar-refractivity contribution is 0.308. The fourth-order valence-corrected chi connectivity index (χ4v) is 2.39. The molecule has 1 aromatic carbocycles. The van der Waals surface area contributed by atoms with Gasteiger partial charge in [0.25, 0.3) is 0 Å². The Morgan fingerprint density at radius 1 is 1.17 bits per heavy atom. The van der Waals surface area contributed by atoms with Gasteiger partial charge in [0.2, 0.25) is 0 Å². The fraction of sp³-hybridized carbons (Fsp3) is 0.474. The van der Waals surface area contributed by atoms with Gasteiger partial charge in [-0.25, -0.2) is 9.97 Å². The highest BCUT2D eigenvalue weighted by atomic mass is 35.5. The second-order valence-electron chi connectivity index (χ2n) is 5.61. The highest BCUT2D eigenvalue weighted by molar-refractivity contribution is 6.20. The molecule has 2 rings (SSSR count). The minimum Gasteiger partial charge on any atom is -0.493 e. The molecule has 124 valence electrons. The number of benzene rings is 1. The fourth-order valence-electron chi connectivity index (χ4n) is 2.30. The first-order valence-electron chi connectivity index (χ1n) is 8.42. The molecule has 0 bridgehead atoms. The van der Waals surface area contributed by atoms with E-state index in [-0.39, 0.29) is 5.38 Å². The summed E-state index contributed by atoms with van der Waals surface area (Å²) in [6.45, 7) is 4.88. The second kappa shape index (κ2) is 9.51. The van der Waals surface area contributed by atoms with E-state index in [9.17, 15) is 0 Å². The van der Waals surface area contributed by atoms with Gasteiger partial charge in [-0.3, -0.25) is 0 Å². The maximum Gasteiger partial charge on any atom is 0.163 e. The van der Waals surface area contributed by atoms with E-state index in [1.165, 1.54) is 0 Å². The first-order valence-corrected chi connectivity index (χ1v) is 8.86. The third-order valence-corrected chi connectivity index (χ3v) is 4.29. The largest absolute Gasteiger partial charge is 0.493 e. The number of alkyl halides is 1. The predicted molar refractivity (Wildman–Crippen MR) is 96.1 cm³/mol. The van der Waals surface area contributed by atoms with Crippen LogP contribution in [0.4, 0.5) is 0 Å². The summed E-state index contributed by atoms with van der Waals surface area (Å²) in [4.78, 5) is 9.10. The number of halogens is 1. The smallest absolute Gasteiger partial charge is 0.163 e. The molecular weight excluding hydrogens is 308 g/mol. The van der Waals surface area contributed by atoms with Gasteiger partial charge in [0.1, 0.15) is 5.75 Å². The Morgan fingerprint density at radius 3 is 2.78 bits per heavy atom. The summed E-state index contributed by atoms with van der Waals surface area (Å²) >= 11 is 6.15. The number of rotatable bonds is 9. The molecule has 1 heterocycles. The molecule has 0 fully saturated rings. The van der Waals surface area contributed by atoms with Crippen molar-refractivity contribution in [3.05, 3.63) is 42.2 Å². The summed E-state index contributed by atoms with van der Waals surface area (Å²) in [6.07, 6.45) is 6.91. The number of hydrogen-bond donors (Lipinski definition) is 0. The Balaban J connectivity index is 2.13. The maximum absolute atomic E-state index is 6.15. The summed E-state index contributed by atoms with van der Waals surface area (Å²) in [5.41, 5.74) is 2.02. The van der Waals surface area contributed by atoms with E-state index in [2.05, 4.69) is 23.8 Å². The molecule has 0 amide bonds. The van der Waals surface area contributed by atoms with Crippen molar-refractivity contribution in [2.24, 2.45) is 0 Å². The lowest BCUT2D eigenvalue weighted by atomic mass is 10.1. The van der Waals surface area contributed by atoms with E-state index in [1.54, 1.807) is 0 Å². The van der Waals surface area contributed by atoms with Crippen LogP contribution in [0.1, 0.15) is 45.2 Å². The van der Waals surface area contributed by atoms with Crippen LogP contribution in [0.15, 0.2) is 36.5 Å². The quantitative estimate of drug-likeness (QED) is 0.586. The SMILES string of the molecule is CCCCc1ccnc(-c2ccccc2OCCC(Cl)CC)n1. The van der Waals surface area contributed by atoms with Crippen LogP contribution in [0.3, 0.4) is 0 Å². The molecule has 1 unspecified atom stereocenters. The van der Waals surface area contributed by atoms with E-state index >= 15 is 0 Å². The van der Waals surface area contributed by atoms with Gasteiger partial charge in [0, 0.05) is 17.3 Å². The summed E-state index contributed by atoms with van der Waals surface area (Å²) in [5.74, 6) is 1.55. The van der Waals surface area contributed by atoms with Crippen LogP contribution >= 0.6 is 11.6 Å². The van der Waals surface area contributed by atoms with Gasteiger partial charge in [0.15, 0.2) is 5.82 Å². The third kappa shape index (κ3) is 5.51. The molecule has 1 atom stereocenters. The Bertz CT molecular complexity index is 603. The molecule has 0 aliphatic heterocycles. The molecule has 4 heteroatoms. The minimum absolute atomic E-state index is 0.163. The molecule has 0 aliphatic carbocycles. The molecule has 0 spiro atoms. The van der Waals surface area contributed by atoms with Crippen LogP contribution in [0, 0.1) is 0 Å². The zero-order valence-corrected chi connectivity index (χ0v) is 14.7. The third-order valence-electron chi connectivity index (χ3n) is 3.76. The number of hydrogen-bond acceptors (Lipinski definition) is 3. The molecule has 2 aromatic rings. The van der Waals surface area contributed by atoms with Gasteiger partial charge < -0.3 is 4.74 Å². The van der Waals surface area contributed by atoms with E-state index in [0.717, 1.165) is 54.9 Å². The monoisotopic (exact) mass is 332 g/mol. The number of ether oxygens (including phenoxy) is 1. The van der Waals surface area contributed by atoms with Crippen LogP contribution < -0.4 is 4.74 Å². The Hall–Kier alpha value is -1.61. The zero-order chi connectivity index (χ0) is 16.5. The Morgan fingerprint density at radius 2 is 2.00 bits per heavy atom. The number of para-hydroxylation sites is 1. The average Bonchev–Trinajstić information content (AvgIpc) is 2.60. The highest BCUT2D eigenvalue weighted by Crippen LogP contribution is 2.27. The van der Waals surface area contributed by atoms with Crippen molar-refractivity contribution in [3.8, 4) is 17.1 Å². The number of aromatic nitrogens is 2. The van der Waals surface area contributed by atoms with Crippen molar-refractivity contribution in [1.82, 2.24) is 9.97 Å². The van der Waals surface area contributed by atoms with Crippen LogP contribution in [0.25, 0.3) is 11.4 Å². The van der Waals surface area contributed by atoms with Crippen molar-refractivity contribution < 1.29 is 4.74 Å². The van der Waals surface area contributed by atoms with Crippen molar-refractivity contribution >= 4 is 11.6 Å². The number of unbranched alkanes of at least 4 members (excludes halogenated alkanes) is 1. The molecule has 0 aliphatic rings. The number of nitrogens with zero attached hydrogens (tertiary/aromatic N) is 2. The second-order valence-corrected chi connectivity index (χ2v) is 6.23. The lowest BCUT2D eigenvalue weighted by Crippen LogP contribution is -2.06. The molecule has 0 saturated heterocycles. The molecule has 0 N–H and O–H groups in total. The van der Waals surface area contributed by atoms with Crippen molar-refractivity contribution in [1.29, 1.82) is 0 Å². The zero-order valence-electron chi connectivity index (χ0n) is 14.0. The lowest BCUT2D eigenvalue weighted by Gasteiger charge is -2.12. The van der Waals surface area contributed by atoms with Gasteiger partial charge in [0.05, 0.1) is 12.2 Å². The van der Waals surface area contributed by atoms with E-state index in [1.807, 2.05) is 36.5 Å². The van der Waals surface area contributed by atoms with Gasteiger partial charge in [-0.2, -0.15) is 0 Å². The summed E-state index contributed by atoms with van der Waals surface area (Å²) in [7, 11) is 0. The first-order chi connectivity index (χ1) is 11.2. The van der Waals surface area contributed by atoms with Crippen molar-refractivity contribution in [2.75, 3.05) is 6.61 Å². The average molecular weight is 333 g/mol.